The lowest BCUT2D eigenvalue weighted by Crippen LogP contribution is -2.35. The minimum atomic E-state index is -0.0511. The topological polar surface area (TPSA) is 46.3 Å². The average Bonchev–Trinajstić information content (AvgIpc) is 2.30. The van der Waals surface area contributed by atoms with Gasteiger partial charge in [-0.25, -0.2) is 0 Å². The molecular formula is C14H22N2O. The molecule has 1 rings (SSSR count). The SMILES string of the molecule is CCC(CN)C(=O)N(C)Cc1cccc(C)c1. The summed E-state index contributed by atoms with van der Waals surface area (Å²) in [7, 11) is 1.84. The molecule has 1 amide bonds. The highest BCUT2D eigenvalue weighted by atomic mass is 16.2. The highest BCUT2D eigenvalue weighted by Crippen LogP contribution is 2.10. The number of nitrogens with zero attached hydrogens (tertiary/aromatic N) is 1. The van der Waals surface area contributed by atoms with Crippen molar-refractivity contribution in [2.24, 2.45) is 11.7 Å². The first-order valence-corrected chi connectivity index (χ1v) is 6.09. The maximum Gasteiger partial charge on any atom is 0.226 e. The normalized spacial score (nSPS) is 12.2. The van der Waals surface area contributed by atoms with Crippen LogP contribution in [0.2, 0.25) is 0 Å². The van der Waals surface area contributed by atoms with Crippen LogP contribution >= 0.6 is 0 Å². The summed E-state index contributed by atoms with van der Waals surface area (Å²) in [5, 5.41) is 0. The smallest absolute Gasteiger partial charge is 0.226 e. The van der Waals surface area contributed by atoms with Gasteiger partial charge in [0.2, 0.25) is 5.91 Å². The van der Waals surface area contributed by atoms with E-state index in [4.69, 9.17) is 5.73 Å². The van der Waals surface area contributed by atoms with E-state index in [1.165, 1.54) is 5.56 Å². The van der Waals surface area contributed by atoms with Gasteiger partial charge in [-0.3, -0.25) is 4.79 Å². The van der Waals surface area contributed by atoms with Crippen molar-refractivity contribution in [1.82, 2.24) is 4.90 Å². The van der Waals surface area contributed by atoms with Crippen LogP contribution in [0.1, 0.15) is 24.5 Å². The minimum Gasteiger partial charge on any atom is -0.341 e. The zero-order valence-electron chi connectivity index (χ0n) is 10.9. The van der Waals surface area contributed by atoms with E-state index in [1.807, 2.05) is 26.1 Å². The molecule has 1 aromatic rings. The molecule has 94 valence electrons. The van der Waals surface area contributed by atoms with Crippen LogP contribution in [0.25, 0.3) is 0 Å². The van der Waals surface area contributed by atoms with Crippen LogP contribution in [0.5, 0.6) is 0 Å². The molecule has 0 spiro atoms. The van der Waals surface area contributed by atoms with Crippen LogP contribution in [0, 0.1) is 12.8 Å². The van der Waals surface area contributed by atoms with Crippen molar-refractivity contribution >= 4 is 5.91 Å². The van der Waals surface area contributed by atoms with E-state index in [-0.39, 0.29) is 11.8 Å². The zero-order valence-corrected chi connectivity index (χ0v) is 10.9. The molecule has 0 aliphatic rings. The second-order valence-corrected chi connectivity index (χ2v) is 4.52. The van der Waals surface area contributed by atoms with Crippen molar-refractivity contribution in [2.75, 3.05) is 13.6 Å². The number of rotatable bonds is 5. The van der Waals surface area contributed by atoms with Crippen LogP contribution < -0.4 is 5.73 Å². The highest BCUT2D eigenvalue weighted by Gasteiger charge is 2.18. The Morgan fingerprint density at radius 3 is 2.71 bits per heavy atom. The quantitative estimate of drug-likeness (QED) is 0.846. The lowest BCUT2D eigenvalue weighted by Gasteiger charge is -2.22. The van der Waals surface area contributed by atoms with Gasteiger partial charge in [-0.15, -0.1) is 0 Å². The van der Waals surface area contributed by atoms with Gasteiger partial charge in [-0.1, -0.05) is 36.8 Å². The van der Waals surface area contributed by atoms with E-state index >= 15 is 0 Å². The molecule has 17 heavy (non-hydrogen) atoms. The summed E-state index contributed by atoms with van der Waals surface area (Å²) in [4.78, 5) is 13.8. The van der Waals surface area contributed by atoms with Crippen LogP contribution in [-0.2, 0) is 11.3 Å². The van der Waals surface area contributed by atoms with Crippen LogP contribution in [-0.4, -0.2) is 24.4 Å². The van der Waals surface area contributed by atoms with Gasteiger partial charge in [0.15, 0.2) is 0 Å². The van der Waals surface area contributed by atoms with Crippen molar-refractivity contribution in [3.05, 3.63) is 35.4 Å². The second kappa shape index (κ2) is 6.40. The van der Waals surface area contributed by atoms with Gasteiger partial charge < -0.3 is 10.6 Å². The first kappa shape index (κ1) is 13.7. The molecule has 1 unspecified atom stereocenters. The Labute approximate surface area is 104 Å². The van der Waals surface area contributed by atoms with E-state index < -0.39 is 0 Å². The molecule has 0 saturated carbocycles. The van der Waals surface area contributed by atoms with Crippen LogP contribution in [0.15, 0.2) is 24.3 Å². The molecular weight excluding hydrogens is 212 g/mol. The molecule has 0 radical (unpaired) electrons. The minimum absolute atomic E-state index is 0.0511. The number of aryl methyl sites for hydroxylation is 1. The molecule has 1 aromatic carbocycles. The van der Waals surface area contributed by atoms with E-state index in [9.17, 15) is 4.79 Å². The molecule has 1 atom stereocenters. The summed E-state index contributed by atoms with van der Waals surface area (Å²) >= 11 is 0. The third-order valence-corrected chi connectivity index (χ3v) is 3.01. The maximum atomic E-state index is 12.0. The molecule has 0 aliphatic carbocycles. The van der Waals surface area contributed by atoms with Crippen LogP contribution in [0.3, 0.4) is 0 Å². The summed E-state index contributed by atoms with van der Waals surface area (Å²) in [6, 6.07) is 8.22. The summed E-state index contributed by atoms with van der Waals surface area (Å²) in [5.41, 5.74) is 7.97. The number of hydrogen-bond donors (Lipinski definition) is 1. The van der Waals surface area contributed by atoms with Gasteiger partial charge in [-0.05, 0) is 18.9 Å². The monoisotopic (exact) mass is 234 g/mol. The summed E-state index contributed by atoms with van der Waals surface area (Å²) < 4.78 is 0. The van der Waals surface area contributed by atoms with Gasteiger partial charge in [0.05, 0.1) is 5.92 Å². The first-order valence-electron chi connectivity index (χ1n) is 6.09. The number of benzene rings is 1. The van der Waals surface area contributed by atoms with E-state index in [0.29, 0.717) is 13.1 Å². The molecule has 0 saturated heterocycles. The molecule has 3 nitrogen and oxygen atoms in total. The standard InChI is InChI=1S/C14H22N2O/c1-4-13(9-15)14(17)16(3)10-12-7-5-6-11(2)8-12/h5-8,13H,4,9-10,15H2,1-3H3. The molecule has 0 aromatic heterocycles. The van der Waals surface area contributed by atoms with Gasteiger partial charge in [0.25, 0.3) is 0 Å². The van der Waals surface area contributed by atoms with Gasteiger partial charge in [0.1, 0.15) is 0 Å². The Kier molecular flexibility index (Phi) is 5.16. The second-order valence-electron chi connectivity index (χ2n) is 4.52. The predicted octanol–water partition coefficient (Wildman–Crippen LogP) is 1.94. The molecule has 0 aliphatic heterocycles. The zero-order chi connectivity index (χ0) is 12.8. The molecule has 0 fully saturated rings. The fourth-order valence-electron chi connectivity index (χ4n) is 1.92. The van der Waals surface area contributed by atoms with Gasteiger partial charge >= 0.3 is 0 Å². The van der Waals surface area contributed by atoms with Crippen LogP contribution in [0.4, 0.5) is 0 Å². The number of nitrogens with two attached hydrogens (primary N) is 1. The highest BCUT2D eigenvalue weighted by molar-refractivity contribution is 5.78. The lowest BCUT2D eigenvalue weighted by molar-refractivity contribution is -0.134. The third kappa shape index (κ3) is 3.86. The molecule has 2 N–H and O–H groups in total. The Hall–Kier alpha value is -1.35. The fraction of sp³-hybridized carbons (Fsp3) is 0.500. The Morgan fingerprint density at radius 2 is 2.18 bits per heavy atom. The fourth-order valence-corrected chi connectivity index (χ4v) is 1.92. The van der Waals surface area contributed by atoms with Crippen molar-refractivity contribution in [1.29, 1.82) is 0 Å². The summed E-state index contributed by atoms with van der Waals surface area (Å²) in [5.74, 6) is 0.0846. The first-order chi connectivity index (χ1) is 8.08. The predicted molar refractivity (Wildman–Crippen MR) is 70.5 cm³/mol. The lowest BCUT2D eigenvalue weighted by atomic mass is 10.0. The molecule has 0 heterocycles. The van der Waals surface area contributed by atoms with Gasteiger partial charge in [0, 0.05) is 20.1 Å². The van der Waals surface area contributed by atoms with E-state index in [1.54, 1.807) is 4.90 Å². The van der Waals surface area contributed by atoms with Crippen molar-refractivity contribution in [3.63, 3.8) is 0 Å². The summed E-state index contributed by atoms with van der Waals surface area (Å²) in [6.07, 6.45) is 0.799. The molecule has 0 bridgehead atoms. The maximum absolute atomic E-state index is 12.0. The third-order valence-electron chi connectivity index (χ3n) is 3.01. The Morgan fingerprint density at radius 1 is 1.47 bits per heavy atom. The number of carbonyl (C=O) groups excluding carboxylic acids is 1. The number of amides is 1. The molecule has 3 heteroatoms. The number of hydrogen-bond acceptors (Lipinski definition) is 2. The van der Waals surface area contributed by atoms with Crippen molar-refractivity contribution < 1.29 is 4.79 Å². The Bertz CT molecular complexity index is 372. The number of carbonyl (C=O) groups is 1. The summed E-state index contributed by atoms with van der Waals surface area (Å²) in [6.45, 7) is 5.13. The van der Waals surface area contributed by atoms with E-state index in [2.05, 4.69) is 19.1 Å². The largest absolute Gasteiger partial charge is 0.341 e. The van der Waals surface area contributed by atoms with Gasteiger partial charge in [-0.2, -0.15) is 0 Å². The average molecular weight is 234 g/mol. The van der Waals surface area contributed by atoms with E-state index in [0.717, 1.165) is 12.0 Å². The van der Waals surface area contributed by atoms with Crippen molar-refractivity contribution in [2.45, 2.75) is 26.8 Å². The Balaban J connectivity index is 2.65. The van der Waals surface area contributed by atoms with Crippen molar-refractivity contribution in [3.8, 4) is 0 Å².